The second-order valence-electron chi connectivity index (χ2n) is 4.76. The van der Waals surface area contributed by atoms with Crippen LogP contribution >= 0.6 is 11.3 Å². The minimum Gasteiger partial charge on any atom is -0.322 e. The van der Waals surface area contributed by atoms with Crippen molar-refractivity contribution in [2.75, 3.05) is 5.75 Å². The lowest BCUT2D eigenvalue weighted by atomic mass is 10.1. The van der Waals surface area contributed by atoms with Gasteiger partial charge in [-0.25, -0.2) is 13.4 Å². The summed E-state index contributed by atoms with van der Waals surface area (Å²) in [7, 11) is -3.27. The average molecular weight is 310 g/mol. The van der Waals surface area contributed by atoms with E-state index in [1.54, 1.807) is 13.0 Å². The van der Waals surface area contributed by atoms with Crippen LogP contribution in [0.15, 0.2) is 28.5 Å². The van der Waals surface area contributed by atoms with E-state index in [1.165, 1.54) is 11.3 Å². The summed E-state index contributed by atoms with van der Waals surface area (Å²) in [4.78, 5) is 4.80. The zero-order chi connectivity index (χ0) is 14.9. The molecular formula is C14H18N2O2S2. The van der Waals surface area contributed by atoms with Crippen molar-refractivity contribution < 1.29 is 8.42 Å². The summed E-state index contributed by atoms with van der Waals surface area (Å²) in [5, 5.41) is 2.67. The highest BCUT2D eigenvalue weighted by Gasteiger charge is 2.19. The van der Waals surface area contributed by atoms with Gasteiger partial charge in [0.2, 0.25) is 0 Å². The number of aryl methyl sites for hydroxylation is 1. The third-order valence-electron chi connectivity index (χ3n) is 3.04. The minimum absolute atomic E-state index is 0.0767. The highest BCUT2D eigenvalue weighted by Crippen LogP contribution is 2.31. The van der Waals surface area contributed by atoms with E-state index in [9.17, 15) is 8.42 Å². The number of hydrogen-bond acceptors (Lipinski definition) is 5. The van der Waals surface area contributed by atoms with Crippen LogP contribution in [0.4, 0.5) is 0 Å². The third-order valence-corrected chi connectivity index (χ3v) is 5.87. The van der Waals surface area contributed by atoms with Gasteiger partial charge in [0.05, 0.1) is 22.4 Å². The van der Waals surface area contributed by atoms with Gasteiger partial charge < -0.3 is 5.73 Å². The summed E-state index contributed by atoms with van der Waals surface area (Å²) >= 11 is 1.45. The lowest BCUT2D eigenvalue weighted by Crippen LogP contribution is -2.06. The molecule has 0 bridgehead atoms. The van der Waals surface area contributed by atoms with E-state index >= 15 is 0 Å². The molecule has 1 unspecified atom stereocenters. The Labute approximate surface area is 123 Å². The molecule has 0 aliphatic carbocycles. The molecule has 0 fully saturated rings. The highest BCUT2D eigenvalue weighted by molar-refractivity contribution is 7.91. The molecule has 1 aromatic carbocycles. The highest BCUT2D eigenvalue weighted by atomic mass is 32.2. The summed E-state index contributed by atoms with van der Waals surface area (Å²) in [5.74, 6) is 0.0767. The number of benzene rings is 1. The Morgan fingerprint density at radius 1 is 1.40 bits per heavy atom. The molecule has 1 aromatic heterocycles. The van der Waals surface area contributed by atoms with Crippen LogP contribution in [0.3, 0.4) is 0 Å². The van der Waals surface area contributed by atoms with Gasteiger partial charge in [-0.3, -0.25) is 0 Å². The minimum atomic E-state index is -3.27. The van der Waals surface area contributed by atoms with Gasteiger partial charge in [-0.1, -0.05) is 18.6 Å². The van der Waals surface area contributed by atoms with E-state index in [-0.39, 0.29) is 11.8 Å². The molecule has 2 rings (SSSR count). The van der Waals surface area contributed by atoms with E-state index in [4.69, 9.17) is 5.73 Å². The molecule has 0 radical (unpaired) electrons. The monoisotopic (exact) mass is 310 g/mol. The molecule has 1 atom stereocenters. The number of hydrogen-bond donors (Lipinski definition) is 1. The first-order chi connectivity index (χ1) is 9.35. The third kappa shape index (κ3) is 2.92. The van der Waals surface area contributed by atoms with Gasteiger partial charge >= 0.3 is 0 Å². The maximum atomic E-state index is 12.2. The van der Waals surface area contributed by atoms with Gasteiger partial charge in [-0.05, 0) is 26.0 Å². The van der Waals surface area contributed by atoms with Crippen molar-refractivity contribution in [3.8, 4) is 11.3 Å². The largest absolute Gasteiger partial charge is 0.322 e. The number of aromatic nitrogens is 1. The summed E-state index contributed by atoms with van der Waals surface area (Å²) in [6, 6.07) is 5.19. The molecule has 6 heteroatoms. The summed E-state index contributed by atoms with van der Waals surface area (Å²) in [5.41, 5.74) is 8.16. The fourth-order valence-corrected chi connectivity index (χ4v) is 3.75. The molecule has 0 spiro atoms. The molecule has 0 saturated carbocycles. The number of nitrogens with zero attached hydrogens (tertiary/aromatic N) is 1. The van der Waals surface area contributed by atoms with Crippen LogP contribution < -0.4 is 5.73 Å². The summed E-state index contributed by atoms with van der Waals surface area (Å²) in [6.07, 6.45) is 0. The van der Waals surface area contributed by atoms with Gasteiger partial charge in [0.15, 0.2) is 9.84 Å². The van der Waals surface area contributed by atoms with Gasteiger partial charge in [-0.2, -0.15) is 0 Å². The molecule has 0 amide bonds. The number of sulfone groups is 1. The van der Waals surface area contributed by atoms with E-state index in [1.807, 2.05) is 31.4 Å². The van der Waals surface area contributed by atoms with Crippen molar-refractivity contribution >= 4 is 21.2 Å². The standard InChI is InChI=1S/C14H18N2O2S2/c1-4-20(17,18)13-6-5-9(2)7-11(13)12-8-19-14(16-12)10(3)15/h5-8,10H,4,15H2,1-3H3. The smallest absolute Gasteiger partial charge is 0.178 e. The molecule has 1 heterocycles. The van der Waals surface area contributed by atoms with Crippen molar-refractivity contribution in [2.24, 2.45) is 5.73 Å². The second kappa shape index (κ2) is 5.63. The van der Waals surface area contributed by atoms with Gasteiger partial charge in [0.25, 0.3) is 0 Å². The quantitative estimate of drug-likeness (QED) is 0.942. The Bertz CT molecular complexity index is 719. The SMILES string of the molecule is CCS(=O)(=O)c1ccc(C)cc1-c1csc(C(C)N)n1. The van der Waals surface area contributed by atoms with Crippen LogP contribution in [0.5, 0.6) is 0 Å². The predicted molar refractivity (Wildman–Crippen MR) is 82.6 cm³/mol. The van der Waals surface area contributed by atoms with Gasteiger partial charge in [0.1, 0.15) is 5.01 Å². The molecule has 2 N–H and O–H groups in total. The van der Waals surface area contributed by atoms with Crippen molar-refractivity contribution in [2.45, 2.75) is 31.7 Å². The van der Waals surface area contributed by atoms with Crippen molar-refractivity contribution in [1.82, 2.24) is 4.98 Å². The topological polar surface area (TPSA) is 73.0 Å². The Hall–Kier alpha value is -1.24. The lowest BCUT2D eigenvalue weighted by Gasteiger charge is -2.08. The number of thiazole rings is 1. The molecule has 20 heavy (non-hydrogen) atoms. The Kier molecular flexibility index (Phi) is 4.27. The Balaban J connectivity index is 2.63. The van der Waals surface area contributed by atoms with E-state index < -0.39 is 9.84 Å². The van der Waals surface area contributed by atoms with Crippen LogP contribution in [-0.4, -0.2) is 19.2 Å². The van der Waals surface area contributed by atoms with Crippen LogP contribution in [-0.2, 0) is 9.84 Å². The van der Waals surface area contributed by atoms with Crippen LogP contribution in [0.1, 0.15) is 30.5 Å². The number of nitrogens with two attached hydrogens (primary N) is 1. The molecule has 108 valence electrons. The maximum absolute atomic E-state index is 12.2. The van der Waals surface area contributed by atoms with Crippen molar-refractivity contribution in [3.63, 3.8) is 0 Å². The lowest BCUT2D eigenvalue weighted by molar-refractivity contribution is 0.597. The fraction of sp³-hybridized carbons (Fsp3) is 0.357. The van der Waals surface area contributed by atoms with E-state index in [0.717, 1.165) is 10.6 Å². The summed E-state index contributed by atoms with van der Waals surface area (Å²) in [6.45, 7) is 5.45. The van der Waals surface area contributed by atoms with E-state index in [0.29, 0.717) is 16.2 Å². The second-order valence-corrected chi connectivity index (χ2v) is 7.90. The molecule has 0 aliphatic rings. The summed E-state index contributed by atoms with van der Waals surface area (Å²) < 4.78 is 24.4. The zero-order valence-corrected chi connectivity index (χ0v) is 13.4. The predicted octanol–water partition coefficient (Wildman–Crippen LogP) is 2.93. The normalized spacial score (nSPS) is 13.4. The molecular weight excluding hydrogens is 292 g/mol. The van der Waals surface area contributed by atoms with Gasteiger partial charge in [-0.15, -0.1) is 11.3 Å². The molecule has 2 aromatic rings. The first-order valence-electron chi connectivity index (χ1n) is 6.40. The molecule has 4 nitrogen and oxygen atoms in total. The van der Waals surface area contributed by atoms with Crippen LogP contribution in [0, 0.1) is 6.92 Å². The first kappa shape index (κ1) is 15.2. The first-order valence-corrected chi connectivity index (χ1v) is 8.93. The Morgan fingerprint density at radius 3 is 2.65 bits per heavy atom. The zero-order valence-electron chi connectivity index (χ0n) is 11.8. The van der Waals surface area contributed by atoms with E-state index in [2.05, 4.69) is 4.98 Å². The van der Waals surface area contributed by atoms with Crippen LogP contribution in [0.2, 0.25) is 0 Å². The van der Waals surface area contributed by atoms with Crippen molar-refractivity contribution in [3.05, 3.63) is 34.2 Å². The van der Waals surface area contributed by atoms with Crippen LogP contribution in [0.25, 0.3) is 11.3 Å². The van der Waals surface area contributed by atoms with Gasteiger partial charge in [0, 0.05) is 10.9 Å². The average Bonchev–Trinajstić information content (AvgIpc) is 2.88. The molecule has 0 saturated heterocycles. The Morgan fingerprint density at radius 2 is 2.10 bits per heavy atom. The number of rotatable bonds is 4. The maximum Gasteiger partial charge on any atom is 0.178 e. The molecule has 0 aliphatic heterocycles. The van der Waals surface area contributed by atoms with Crippen molar-refractivity contribution in [1.29, 1.82) is 0 Å². The fourth-order valence-electron chi connectivity index (χ4n) is 1.89.